The number of aromatic nitrogens is 3. The first-order valence-corrected chi connectivity index (χ1v) is 9.78. The first-order chi connectivity index (χ1) is 13.1. The van der Waals surface area contributed by atoms with Gasteiger partial charge in [0.15, 0.2) is 5.75 Å². The van der Waals surface area contributed by atoms with Crippen molar-refractivity contribution in [1.29, 1.82) is 0 Å². The van der Waals surface area contributed by atoms with Crippen LogP contribution in [-0.4, -0.2) is 65.4 Å². The summed E-state index contributed by atoms with van der Waals surface area (Å²) in [6, 6.07) is 4.14. The lowest BCUT2D eigenvalue weighted by molar-refractivity contribution is -0.114. The van der Waals surface area contributed by atoms with Crippen LogP contribution >= 0.6 is 11.3 Å². The predicted octanol–water partition coefficient (Wildman–Crippen LogP) is 1.55. The van der Waals surface area contributed by atoms with E-state index in [1.54, 1.807) is 0 Å². The van der Waals surface area contributed by atoms with Gasteiger partial charge in [-0.05, 0) is 19.1 Å². The van der Waals surface area contributed by atoms with Gasteiger partial charge in [0.25, 0.3) is 5.88 Å². The van der Waals surface area contributed by atoms with Gasteiger partial charge in [-0.2, -0.15) is 0 Å². The molecule has 1 saturated heterocycles. The first-order valence-electron chi connectivity index (χ1n) is 8.97. The summed E-state index contributed by atoms with van der Waals surface area (Å²) in [4.78, 5) is 20.4. The van der Waals surface area contributed by atoms with Crippen molar-refractivity contribution in [2.75, 3.05) is 49.6 Å². The fourth-order valence-corrected chi connectivity index (χ4v) is 4.05. The van der Waals surface area contributed by atoms with Crippen molar-refractivity contribution in [1.82, 2.24) is 20.1 Å². The second-order valence-electron chi connectivity index (χ2n) is 6.51. The number of ether oxygens (including phenoxy) is 2. The molecule has 10 heteroatoms. The first kappa shape index (κ1) is 17.9. The summed E-state index contributed by atoms with van der Waals surface area (Å²) >= 11 is 1.40. The Morgan fingerprint density at radius 2 is 1.96 bits per heavy atom. The predicted molar refractivity (Wildman–Crippen MR) is 102 cm³/mol. The third-order valence-electron chi connectivity index (χ3n) is 4.68. The Hall–Kier alpha value is -2.46. The van der Waals surface area contributed by atoms with E-state index in [0.29, 0.717) is 30.0 Å². The zero-order valence-corrected chi connectivity index (χ0v) is 16.2. The van der Waals surface area contributed by atoms with Gasteiger partial charge in [-0.25, -0.2) is 4.98 Å². The summed E-state index contributed by atoms with van der Waals surface area (Å²) in [5, 5.41) is 12.3. The van der Waals surface area contributed by atoms with E-state index in [0.717, 1.165) is 37.0 Å². The molecule has 0 aromatic carbocycles. The van der Waals surface area contributed by atoms with Crippen molar-refractivity contribution in [3.63, 3.8) is 0 Å². The van der Waals surface area contributed by atoms with Crippen LogP contribution in [0.1, 0.15) is 25.6 Å². The van der Waals surface area contributed by atoms with Crippen molar-refractivity contribution >= 4 is 27.5 Å². The van der Waals surface area contributed by atoms with E-state index in [4.69, 9.17) is 9.47 Å². The van der Waals surface area contributed by atoms with Crippen molar-refractivity contribution in [3.8, 4) is 11.6 Å². The minimum Gasteiger partial charge on any atom is -0.484 e. The molecule has 0 aliphatic carbocycles. The molecule has 2 aromatic rings. The minimum absolute atomic E-state index is 0.136. The quantitative estimate of drug-likeness (QED) is 0.841. The Morgan fingerprint density at radius 1 is 1.19 bits per heavy atom. The van der Waals surface area contributed by atoms with Crippen LogP contribution in [0.2, 0.25) is 0 Å². The topological polar surface area (TPSA) is 92.7 Å². The molecule has 1 amide bonds. The van der Waals surface area contributed by atoms with E-state index in [1.807, 2.05) is 12.1 Å². The standard InChI is InChI=1S/C17H22N6O3S/c1-11(13-3-4-14-15(19-13)26-10-9-25-14)22-5-7-23(8-6-22)17-21-20-16(27-17)18-12(2)24/h3-4,11H,5-10H2,1-2H3,(H,18,20,24). The molecule has 9 nitrogen and oxygen atoms in total. The summed E-state index contributed by atoms with van der Waals surface area (Å²) in [5.41, 5.74) is 0.983. The number of anilines is 2. The molecule has 4 rings (SSSR count). The number of hydrogen-bond acceptors (Lipinski definition) is 9. The molecule has 1 fully saturated rings. The number of nitrogens with one attached hydrogen (secondary N) is 1. The van der Waals surface area contributed by atoms with Crippen LogP contribution in [0.4, 0.5) is 10.3 Å². The van der Waals surface area contributed by atoms with Crippen LogP contribution in [0.15, 0.2) is 12.1 Å². The lowest BCUT2D eigenvalue weighted by Gasteiger charge is -2.37. The maximum atomic E-state index is 11.1. The number of amides is 1. The van der Waals surface area contributed by atoms with Crippen LogP contribution in [-0.2, 0) is 4.79 Å². The summed E-state index contributed by atoms with van der Waals surface area (Å²) < 4.78 is 11.1. The molecule has 2 aromatic heterocycles. The van der Waals surface area contributed by atoms with Crippen molar-refractivity contribution in [2.24, 2.45) is 0 Å². The molecule has 0 spiro atoms. The molecular formula is C17H22N6O3S. The lowest BCUT2D eigenvalue weighted by atomic mass is 10.1. The van der Waals surface area contributed by atoms with E-state index < -0.39 is 0 Å². The van der Waals surface area contributed by atoms with Gasteiger partial charge in [-0.3, -0.25) is 9.69 Å². The zero-order chi connectivity index (χ0) is 18.8. The Balaban J connectivity index is 1.37. The molecule has 0 saturated carbocycles. The average molecular weight is 390 g/mol. The third-order valence-corrected chi connectivity index (χ3v) is 5.58. The molecule has 2 aliphatic rings. The van der Waals surface area contributed by atoms with E-state index in [2.05, 4.69) is 37.2 Å². The maximum Gasteiger partial charge on any atom is 0.257 e. The van der Waals surface area contributed by atoms with Gasteiger partial charge in [0.2, 0.25) is 16.2 Å². The summed E-state index contributed by atoms with van der Waals surface area (Å²) in [6.45, 7) is 8.23. The zero-order valence-electron chi connectivity index (χ0n) is 15.3. The van der Waals surface area contributed by atoms with Gasteiger partial charge in [-0.15, -0.1) is 10.2 Å². The van der Waals surface area contributed by atoms with Crippen LogP contribution in [0.25, 0.3) is 0 Å². The Bertz CT molecular complexity index is 821. The number of fused-ring (bicyclic) bond motifs is 1. The number of rotatable bonds is 4. The minimum atomic E-state index is -0.136. The lowest BCUT2D eigenvalue weighted by Crippen LogP contribution is -2.47. The van der Waals surface area contributed by atoms with Crippen molar-refractivity contribution < 1.29 is 14.3 Å². The summed E-state index contributed by atoms with van der Waals surface area (Å²) in [7, 11) is 0. The van der Waals surface area contributed by atoms with E-state index >= 15 is 0 Å². The molecule has 144 valence electrons. The molecule has 2 aliphatic heterocycles. The number of piperazine rings is 1. The normalized spacial score (nSPS) is 18.2. The highest BCUT2D eigenvalue weighted by Crippen LogP contribution is 2.31. The molecule has 4 heterocycles. The fourth-order valence-electron chi connectivity index (χ4n) is 3.21. The number of nitrogens with zero attached hydrogens (tertiary/aromatic N) is 5. The molecule has 1 N–H and O–H groups in total. The van der Waals surface area contributed by atoms with Crippen LogP contribution in [0.5, 0.6) is 11.6 Å². The fraction of sp³-hybridized carbons (Fsp3) is 0.529. The van der Waals surface area contributed by atoms with E-state index in [9.17, 15) is 4.79 Å². The molecule has 1 unspecified atom stereocenters. The Morgan fingerprint density at radius 3 is 2.74 bits per heavy atom. The number of hydrogen-bond donors (Lipinski definition) is 1. The van der Waals surface area contributed by atoms with Crippen LogP contribution in [0.3, 0.4) is 0 Å². The molecular weight excluding hydrogens is 368 g/mol. The van der Waals surface area contributed by atoms with E-state index in [-0.39, 0.29) is 11.9 Å². The average Bonchev–Trinajstić information content (AvgIpc) is 3.15. The highest BCUT2D eigenvalue weighted by atomic mass is 32.1. The number of carbonyl (C=O) groups is 1. The van der Waals surface area contributed by atoms with Gasteiger partial charge in [-0.1, -0.05) is 11.3 Å². The van der Waals surface area contributed by atoms with Gasteiger partial charge in [0.1, 0.15) is 13.2 Å². The smallest absolute Gasteiger partial charge is 0.257 e. The second-order valence-corrected chi connectivity index (χ2v) is 7.46. The van der Waals surface area contributed by atoms with E-state index in [1.165, 1.54) is 18.3 Å². The summed E-state index contributed by atoms with van der Waals surface area (Å²) in [5.74, 6) is 1.17. The third kappa shape index (κ3) is 3.96. The van der Waals surface area contributed by atoms with Gasteiger partial charge < -0.3 is 19.7 Å². The van der Waals surface area contributed by atoms with Gasteiger partial charge in [0.05, 0.1) is 5.69 Å². The van der Waals surface area contributed by atoms with Gasteiger partial charge in [0, 0.05) is 39.1 Å². The summed E-state index contributed by atoms with van der Waals surface area (Å²) in [6.07, 6.45) is 0. The second kappa shape index (κ2) is 7.65. The SMILES string of the molecule is CC(=O)Nc1nnc(N2CCN(C(C)c3ccc4c(n3)OCCO4)CC2)s1. The Labute approximate surface area is 161 Å². The van der Waals surface area contributed by atoms with Crippen molar-refractivity contribution in [2.45, 2.75) is 19.9 Å². The molecule has 0 bridgehead atoms. The van der Waals surface area contributed by atoms with Crippen LogP contribution in [0, 0.1) is 0 Å². The highest BCUT2D eigenvalue weighted by Gasteiger charge is 2.26. The highest BCUT2D eigenvalue weighted by molar-refractivity contribution is 7.19. The Kier molecular flexibility index (Phi) is 5.08. The monoisotopic (exact) mass is 390 g/mol. The number of pyridine rings is 1. The molecule has 0 radical (unpaired) electrons. The largest absolute Gasteiger partial charge is 0.484 e. The maximum absolute atomic E-state index is 11.1. The number of carbonyl (C=O) groups excluding carboxylic acids is 1. The van der Waals surface area contributed by atoms with Gasteiger partial charge >= 0.3 is 0 Å². The molecule has 27 heavy (non-hydrogen) atoms. The van der Waals surface area contributed by atoms with Crippen LogP contribution < -0.4 is 19.7 Å². The molecule has 1 atom stereocenters. The van der Waals surface area contributed by atoms with Crippen molar-refractivity contribution in [3.05, 3.63) is 17.8 Å².